The number of hydrogen-bond acceptors (Lipinski definition) is 2. The van der Waals surface area contributed by atoms with Crippen molar-refractivity contribution in [2.45, 2.75) is 13.2 Å². The Labute approximate surface area is 124 Å². The van der Waals surface area contributed by atoms with Gasteiger partial charge in [-0.3, -0.25) is 4.79 Å². The van der Waals surface area contributed by atoms with Crippen LogP contribution in [0.2, 0.25) is 0 Å². The van der Waals surface area contributed by atoms with E-state index in [2.05, 4.69) is 21.2 Å². The number of aliphatic hydroxyl groups is 1. The van der Waals surface area contributed by atoms with E-state index in [1.54, 1.807) is 12.1 Å². The molecule has 3 nitrogen and oxygen atoms in total. The standard InChI is InChI=1S/C15H13BrFNO2/c16-13-6-5-10(7-14(13)17)15(20)18-8-11-3-1-2-4-12(11)9-19/h1-7,19H,8-9H2,(H,18,20). The van der Waals surface area contributed by atoms with Crippen LogP contribution in [-0.4, -0.2) is 11.0 Å². The number of halogens is 2. The summed E-state index contributed by atoms with van der Waals surface area (Å²) in [6, 6.07) is 11.5. The largest absolute Gasteiger partial charge is 0.392 e. The first-order valence-corrected chi connectivity index (χ1v) is 6.82. The van der Waals surface area contributed by atoms with Gasteiger partial charge in [0.2, 0.25) is 0 Å². The molecule has 5 heteroatoms. The first kappa shape index (κ1) is 14.7. The number of nitrogens with one attached hydrogen (secondary N) is 1. The smallest absolute Gasteiger partial charge is 0.251 e. The van der Waals surface area contributed by atoms with Crippen LogP contribution in [-0.2, 0) is 13.2 Å². The van der Waals surface area contributed by atoms with Crippen molar-refractivity contribution in [3.8, 4) is 0 Å². The van der Waals surface area contributed by atoms with E-state index in [4.69, 9.17) is 0 Å². The third kappa shape index (κ3) is 3.43. The first-order valence-electron chi connectivity index (χ1n) is 6.02. The maximum atomic E-state index is 13.4. The Balaban J connectivity index is 2.06. The summed E-state index contributed by atoms with van der Waals surface area (Å²) in [7, 11) is 0. The van der Waals surface area contributed by atoms with Crippen LogP contribution in [0.3, 0.4) is 0 Å². The van der Waals surface area contributed by atoms with E-state index in [0.29, 0.717) is 4.47 Å². The molecule has 104 valence electrons. The molecule has 20 heavy (non-hydrogen) atoms. The van der Waals surface area contributed by atoms with Crippen LogP contribution in [0.5, 0.6) is 0 Å². The third-order valence-electron chi connectivity index (χ3n) is 2.91. The Morgan fingerprint density at radius 1 is 1.20 bits per heavy atom. The summed E-state index contributed by atoms with van der Waals surface area (Å²) in [6.45, 7) is 0.201. The van der Waals surface area contributed by atoms with Crippen LogP contribution >= 0.6 is 15.9 Å². The molecule has 0 saturated heterocycles. The van der Waals surface area contributed by atoms with Crippen molar-refractivity contribution in [3.63, 3.8) is 0 Å². The Bertz CT molecular complexity index is 631. The van der Waals surface area contributed by atoms with Crippen LogP contribution in [0.1, 0.15) is 21.5 Å². The average molecular weight is 338 g/mol. The second-order valence-corrected chi connectivity index (χ2v) is 5.09. The van der Waals surface area contributed by atoms with E-state index in [9.17, 15) is 14.3 Å². The van der Waals surface area contributed by atoms with Crippen LogP contribution in [0.15, 0.2) is 46.9 Å². The fourth-order valence-corrected chi connectivity index (χ4v) is 2.05. The number of aliphatic hydroxyl groups excluding tert-OH is 1. The van der Waals surface area contributed by atoms with E-state index in [0.717, 1.165) is 11.1 Å². The van der Waals surface area contributed by atoms with Gasteiger partial charge in [0.15, 0.2) is 0 Å². The Kier molecular flexibility index (Phi) is 4.87. The third-order valence-corrected chi connectivity index (χ3v) is 3.55. The number of benzene rings is 2. The van der Waals surface area contributed by atoms with Gasteiger partial charge in [-0.15, -0.1) is 0 Å². The molecule has 0 aliphatic rings. The monoisotopic (exact) mass is 337 g/mol. The Hall–Kier alpha value is -1.72. The molecule has 2 rings (SSSR count). The van der Waals surface area contributed by atoms with Gasteiger partial charge in [-0.25, -0.2) is 4.39 Å². The highest BCUT2D eigenvalue weighted by molar-refractivity contribution is 9.10. The summed E-state index contributed by atoms with van der Waals surface area (Å²) in [5.41, 5.74) is 1.85. The zero-order valence-corrected chi connectivity index (χ0v) is 12.2. The molecule has 0 saturated carbocycles. The second kappa shape index (κ2) is 6.63. The highest BCUT2D eigenvalue weighted by Gasteiger charge is 2.09. The fourth-order valence-electron chi connectivity index (χ4n) is 1.80. The maximum Gasteiger partial charge on any atom is 0.251 e. The lowest BCUT2D eigenvalue weighted by atomic mass is 10.1. The van der Waals surface area contributed by atoms with Gasteiger partial charge in [0.1, 0.15) is 5.82 Å². The number of carbonyl (C=O) groups excluding carboxylic acids is 1. The van der Waals surface area contributed by atoms with Crippen LogP contribution in [0.4, 0.5) is 4.39 Å². The molecule has 0 radical (unpaired) electrons. The zero-order chi connectivity index (χ0) is 14.5. The van der Waals surface area contributed by atoms with Crippen molar-refractivity contribution in [3.05, 3.63) is 69.4 Å². The van der Waals surface area contributed by atoms with E-state index >= 15 is 0 Å². The van der Waals surface area contributed by atoms with Crippen LogP contribution in [0.25, 0.3) is 0 Å². The molecule has 0 bridgehead atoms. The van der Waals surface area contributed by atoms with Gasteiger partial charge in [-0.1, -0.05) is 24.3 Å². The summed E-state index contributed by atoms with van der Waals surface area (Å²) < 4.78 is 13.7. The van der Waals surface area contributed by atoms with Gasteiger partial charge < -0.3 is 10.4 Å². The van der Waals surface area contributed by atoms with Gasteiger partial charge in [-0.05, 0) is 45.3 Å². The van der Waals surface area contributed by atoms with Crippen molar-refractivity contribution >= 4 is 21.8 Å². The summed E-state index contributed by atoms with van der Waals surface area (Å²) in [5, 5.41) is 11.9. The first-order chi connectivity index (χ1) is 9.61. The van der Waals surface area contributed by atoms with Crippen LogP contribution in [0, 0.1) is 5.82 Å². The fraction of sp³-hybridized carbons (Fsp3) is 0.133. The van der Waals surface area contributed by atoms with Gasteiger partial charge in [0.05, 0.1) is 11.1 Å². The van der Waals surface area contributed by atoms with Gasteiger partial charge in [0.25, 0.3) is 5.91 Å². The molecule has 1 amide bonds. The van der Waals surface area contributed by atoms with Crippen molar-refractivity contribution in [2.24, 2.45) is 0 Å². The maximum absolute atomic E-state index is 13.4. The van der Waals surface area contributed by atoms with E-state index in [-0.39, 0.29) is 24.6 Å². The minimum atomic E-state index is -0.478. The number of hydrogen-bond donors (Lipinski definition) is 2. The van der Waals surface area contributed by atoms with Crippen molar-refractivity contribution in [2.75, 3.05) is 0 Å². The number of amides is 1. The van der Waals surface area contributed by atoms with E-state index in [1.807, 2.05) is 18.2 Å². The van der Waals surface area contributed by atoms with Crippen molar-refractivity contribution in [1.82, 2.24) is 5.32 Å². The highest BCUT2D eigenvalue weighted by Crippen LogP contribution is 2.16. The summed E-state index contributed by atoms with van der Waals surface area (Å²) in [5.74, 6) is -0.836. The van der Waals surface area contributed by atoms with Crippen molar-refractivity contribution < 1.29 is 14.3 Å². The minimum Gasteiger partial charge on any atom is -0.392 e. The SMILES string of the molecule is O=C(NCc1ccccc1CO)c1ccc(Br)c(F)c1. The molecule has 0 atom stereocenters. The minimum absolute atomic E-state index is 0.0844. The van der Waals surface area contributed by atoms with Gasteiger partial charge in [-0.2, -0.15) is 0 Å². The summed E-state index contributed by atoms with van der Waals surface area (Å²) >= 11 is 3.04. The Morgan fingerprint density at radius 2 is 1.90 bits per heavy atom. The van der Waals surface area contributed by atoms with E-state index in [1.165, 1.54) is 12.1 Å². The van der Waals surface area contributed by atoms with Crippen LogP contribution < -0.4 is 5.32 Å². The zero-order valence-electron chi connectivity index (χ0n) is 10.6. The predicted molar refractivity (Wildman–Crippen MR) is 77.6 cm³/mol. The predicted octanol–water partition coefficient (Wildman–Crippen LogP) is 3.01. The molecule has 0 aliphatic heterocycles. The molecule has 2 aromatic rings. The molecule has 0 heterocycles. The highest BCUT2D eigenvalue weighted by atomic mass is 79.9. The average Bonchev–Trinajstić information content (AvgIpc) is 2.47. The lowest BCUT2D eigenvalue weighted by Crippen LogP contribution is -2.23. The molecule has 2 aromatic carbocycles. The molecule has 0 unspecified atom stereocenters. The summed E-state index contributed by atoms with van der Waals surface area (Å²) in [4.78, 5) is 11.9. The van der Waals surface area contributed by atoms with Gasteiger partial charge >= 0.3 is 0 Å². The topological polar surface area (TPSA) is 49.3 Å². The summed E-state index contributed by atoms with van der Waals surface area (Å²) in [6.07, 6.45) is 0. The van der Waals surface area contributed by atoms with Gasteiger partial charge in [0, 0.05) is 12.1 Å². The molecular weight excluding hydrogens is 325 g/mol. The molecular formula is C15H13BrFNO2. The quantitative estimate of drug-likeness (QED) is 0.900. The van der Waals surface area contributed by atoms with Crippen molar-refractivity contribution in [1.29, 1.82) is 0 Å². The second-order valence-electron chi connectivity index (χ2n) is 4.24. The number of rotatable bonds is 4. The lowest BCUT2D eigenvalue weighted by molar-refractivity contribution is 0.0950. The molecule has 0 spiro atoms. The molecule has 0 fully saturated rings. The molecule has 2 N–H and O–H groups in total. The lowest BCUT2D eigenvalue weighted by Gasteiger charge is -2.09. The Morgan fingerprint density at radius 3 is 2.55 bits per heavy atom. The molecule has 0 aromatic heterocycles. The molecule has 0 aliphatic carbocycles. The number of carbonyl (C=O) groups is 1. The normalized spacial score (nSPS) is 10.3. The van der Waals surface area contributed by atoms with E-state index < -0.39 is 5.82 Å².